The molecule has 1 aromatic carbocycles. The van der Waals surface area contributed by atoms with Crippen molar-refractivity contribution in [1.29, 1.82) is 0 Å². The van der Waals surface area contributed by atoms with E-state index in [4.69, 9.17) is 4.74 Å². The van der Waals surface area contributed by atoms with Crippen molar-refractivity contribution in [1.82, 2.24) is 10.6 Å². The van der Waals surface area contributed by atoms with Crippen LogP contribution in [0.3, 0.4) is 0 Å². The molecule has 0 saturated carbocycles. The summed E-state index contributed by atoms with van der Waals surface area (Å²) in [6, 6.07) is 6.60. The van der Waals surface area contributed by atoms with E-state index in [9.17, 15) is 0 Å². The fourth-order valence-electron chi connectivity index (χ4n) is 1.78. The third kappa shape index (κ3) is 2.78. The Morgan fingerprint density at radius 1 is 1.20 bits per heavy atom. The first-order valence-corrected chi connectivity index (χ1v) is 5.44. The highest BCUT2D eigenvalue weighted by Crippen LogP contribution is 2.20. The largest absolute Gasteiger partial charge is 0.372 e. The number of nitrogens with one attached hydrogen (secondary N) is 2. The van der Waals surface area contributed by atoms with Crippen LogP contribution in [0.5, 0.6) is 0 Å². The average Bonchev–Trinajstić information content (AvgIpc) is 2.71. The zero-order chi connectivity index (χ0) is 10.5. The maximum atomic E-state index is 5.38. The van der Waals surface area contributed by atoms with E-state index in [1.807, 2.05) is 7.05 Å². The summed E-state index contributed by atoms with van der Waals surface area (Å²) in [5, 5.41) is 6.50. The number of ether oxygens (including phenoxy) is 1. The van der Waals surface area contributed by atoms with E-state index in [1.54, 1.807) is 0 Å². The van der Waals surface area contributed by atoms with Crippen LogP contribution in [0.2, 0.25) is 0 Å². The summed E-state index contributed by atoms with van der Waals surface area (Å²) in [6.07, 6.45) is 0. The van der Waals surface area contributed by atoms with Gasteiger partial charge in [0.2, 0.25) is 0 Å². The van der Waals surface area contributed by atoms with Crippen molar-refractivity contribution in [3.8, 4) is 0 Å². The van der Waals surface area contributed by atoms with Crippen molar-refractivity contribution in [2.45, 2.75) is 19.8 Å². The predicted octanol–water partition coefficient (Wildman–Crippen LogP) is 1.03. The molecule has 15 heavy (non-hydrogen) atoms. The Hall–Kier alpha value is -0.900. The van der Waals surface area contributed by atoms with Crippen LogP contribution in [0.15, 0.2) is 18.2 Å². The Balaban J connectivity index is 1.87. The molecule has 82 valence electrons. The van der Waals surface area contributed by atoms with Crippen LogP contribution in [-0.4, -0.2) is 20.1 Å². The van der Waals surface area contributed by atoms with Gasteiger partial charge in [0, 0.05) is 19.6 Å². The van der Waals surface area contributed by atoms with Gasteiger partial charge in [-0.2, -0.15) is 0 Å². The second-order valence-electron chi connectivity index (χ2n) is 3.88. The molecule has 2 rings (SSSR count). The third-order valence-electron chi connectivity index (χ3n) is 2.67. The molecule has 2 N–H and O–H groups in total. The Kier molecular flexibility index (Phi) is 3.72. The van der Waals surface area contributed by atoms with Gasteiger partial charge >= 0.3 is 0 Å². The summed E-state index contributed by atoms with van der Waals surface area (Å²) in [5.74, 6) is 0. The second-order valence-corrected chi connectivity index (χ2v) is 3.88. The number of hydrogen-bond acceptors (Lipinski definition) is 3. The number of benzene rings is 1. The number of fused-ring (bicyclic) bond motifs is 1. The van der Waals surface area contributed by atoms with E-state index >= 15 is 0 Å². The van der Waals surface area contributed by atoms with Crippen molar-refractivity contribution in [2.75, 3.05) is 20.1 Å². The number of hydrogen-bond donors (Lipinski definition) is 2. The lowest BCUT2D eigenvalue weighted by atomic mass is 10.1. The number of rotatable bonds is 5. The molecule has 0 aliphatic carbocycles. The third-order valence-corrected chi connectivity index (χ3v) is 2.67. The normalized spacial score (nSPS) is 14.2. The molecule has 1 aliphatic heterocycles. The van der Waals surface area contributed by atoms with E-state index in [-0.39, 0.29) is 0 Å². The second kappa shape index (κ2) is 5.26. The monoisotopic (exact) mass is 206 g/mol. The highest BCUT2D eigenvalue weighted by molar-refractivity contribution is 5.33. The van der Waals surface area contributed by atoms with E-state index in [0.29, 0.717) is 0 Å². The van der Waals surface area contributed by atoms with Crippen molar-refractivity contribution in [3.63, 3.8) is 0 Å². The highest BCUT2D eigenvalue weighted by Gasteiger charge is 2.10. The van der Waals surface area contributed by atoms with Crippen molar-refractivity contribution in [2.24, 2.45) is 0 Å². The van der Waals surface area contributed by atoms with Crippen LogP contribution in [0, 0.1) is 0 Å². The quantitative estimate of drug-likeness (QED) is 0.706. The fraction of sp³-hybridized carbons (Fsp3) is 0.500. The summed E-state index contributed by atoms with van der Waals surface area (Å²) in [6.45, 7) is 4.51. The molecule has 0 amide bonds. The molecule has 0 atom stereocenters. The first kappa shape index (κ1) is 10.6. The van der Waals surface area contributed by atoms with E-state index in [0.717, 1.165) is 32.8 Å². The van der Waals surface area contributed by atoms with Gasteiger partial charge < -0.3 is 15.4 Å². The van der Waals surface area contributed by atoms with Gasteiger partial charge in [0.05, 0.1) is 13.2 Å². The molecule has 0 unspecified atom stereocenters. The summed E-state index contributed by atoms with van der Waals surface area (Å²) in [7, 11) is 1.97. The first-order valence-electron chi connectivity index (χ1n) is 5.44. The zero-order valence-corrected chi connectivity index (χ0v) is 9.18. The minimum Gasteiger partial charge on any atom is -0.372 e. The molecular formula is C12H18N2O. The minimum absolute atomic E-state index is 0.777. The van der Waals surface area contributed by atoms with Crippen LogP contribution < -0.4 is 10.6 Å². The molecule has 0 radical (unpaired) electrons. The lowest BCUT2D eigenvalue weighted by molar-refractivity contribution is 0.134. The molecule has 1 aliphatic rings. The van der Waals surface area contributed by atoms with Gasteiger partial charge in [-0.15, -0.1) is 0 Å². The molecule has 0 fully saturated rings. The Labute approximate surface area is 90.8 Å². The van der Waals surface area contributed by atoms with E-state index in [2.05, 4.69) is 28.8 Å². The van der Waals surface area contributed by atoms with Gasteiger partial charge in [-0.05, 0) is 23.7 Å². The highest BCUT2D eigenvalue weighted by atomic mass is 16.5. The minimum atomic E-state index is 0.777. The Bertz CT molecular complexity index is 325. The number of likely N-dealkylation sites (N-methyl/N-ethyl adjacent to an activating group) is 1. The molecule has 1 heterocycles. The lowest BCUT2D eigenvalue weighted by Gasteiger charge is -2.06. The maximum Gasteiger partial charge on any atom is 0.0725 e. The molecule has 3 nitrogen and oxygen atoms in total. The average molecular weight is 206 g/mol. The Morgan fingerprint density at radius 3 is 2.93 bits per heavy atom. The van der Waals surface area contributed by atoms with Crippen LogP contribution in [0.1, 0.15) is 16.7 Å². The van der Waals surface area contributed by atoms with Crippen molar-refractivity contribution in [3.05, 3.63) is 34.9 Å². The molecule has 0 spiro atoms. The van der Waals surface area contributed by atoms with Crippen LogP contribution in [-0.2, 0) is 24.5 Å². The van der Waals surface area contributed by atoms with Gasteiger partial charge in [-0.3, -0.25) is 0 Å². The van der Waals surface area contributed by atoms with Gasteiger partial charge in [0.1, 0.15) is 0 Å². The van der Waals surface area contributed by atoms with Gasteiger partial charge in [0.15, 0.2) is 0 Å². The fourth-order valence-corrected chi connectivity index (χ4v) is 1.78. The summed E-state index contributed by atoms with van der Waals surface area (Å²) in [5.41, 5.74) is 4.03. The Morgan fingerprint density at radius 2 is 2.07 bits per heavy atom. The molecule has 0 saturated heterocycles. The zero-order valence-electron chi connectivity index (χ0n) is 9.18. The summed E-state index contributed by atoms with van der Waals surface area (Å²) < 4.78 is 5.38. The summed E-state index contributed by atoms with van der Waals surface area (Å²) >= 11 is 0. The topological polar surface area (TPSA) is 33.3 Å². The maximum absolute atomic E-state index is 5.38. The van der Waals surface area contributed by atoms with E-state index < -0.39 is 0 Å². The van der Waals surface area contributed by atoms with Gasteiger partial charge in [-0.1, -0.05) is 18.2 Å². The standard InChI is InChI=1S/C12H18N2O/c1-13-4-5-14-7-10-2-3-11-8-15-9-12(11)6-10/h2-3,6,13-14H,4-5,7-9H2,1H3. The van der Waals surface area contributed by atoms with Crippen molar-refractivity contribution < 1.29 is 4.74 Å². The smallest absolute Gasteiger partial charge is 0.0725 e. The van der Waals surface area contributed by atoms with Gasteiger partial charge in [0.25, 0.3) is 0 Å². The SMILES string of the molecule is CNCCNCc1ccc2c(c1)COC2. The van der Waals surface area contributed by atoms with Crippen LogP contribution >= 0.6 is 0 Å². The predicted molar refractivity (Wildman–Crippen MR) is 60.6 cm³/mol. The summed E-state index contributed by atoms with van der Waals surface area (Å²) in [4.78, 5) is 0. The first-order chi connectivity index (χ1) is 7.40. The molecule has 1 aromatic rings. The van der Waals surface area contributed by atoms with Crippen LogP contribution in [0.25, 0.3) is 0 Å². The molecule has 0 aromatic heterocycles. The molecule has 3 heteroatoms. The van der Waals surface area contributed by atoms with Crippen molar-refractivity contribution >= 4 is 0 Å². The van der Waals surface area contributed by atoms with E-state index in [1.165, 1.54) is 16.7 Å². The lowest BCUT2D eigenvalue weighted by Crippen LogP contribution is -2.24. The van der Waals surface area contributed by atoms with Gasteiger partial charge in [-0.25, -0.2) is 0 Å². The van der Waals surface area contributed by atoms with Crippen LogP contribution in [0.4, 0.5) is 0 Å². The molecular weight excluding hydrogens is 188 g/mol. The molecule has 0 bridgehead atoms.